The lowest BCUT2D eigenvalue weighted by atomic mass is 10.1. The van der Waals surface area contributed by atoms with E-state index in [0.717, 1.165) is 49.0 Å². The highest BCUT2D eigenvalue weighted by atomic mass is 16.3. The Morgan fingerprint density at radius 1 is 1.35 bits per heavy atom. The second-order valence-electron chi connectivity index (χ2n) is 7.59. The molecular formula is C17H20N4O2. The summed E-state index contributed by atoms with van der Waals surface area (Å²) in [6, 6.07) is 0. The number of rotatable bonds is 3. The van der Waals surface area contributed by atoms with E-state index in [1.165, 1.54) is 12.7 Å². The topological polar surface area (TPSA) is 71.3 Å². The maximum absolute atomic E-state index is 13.0. The average Bonchev–Trinajstić information content (AvgIpc) is 3.35. The highest BCUT2D eigenvalue weighted by Crippen LogP contribution is 2.46. The Labute approximate surface area is 134 Å². The van der Waals surface area contributed by atoms with Crippen LogP contribution in [-0.2, 0) is 0 Å². The zero-order valence-electron chi connectivity index (χ0n) is 13.4. The van der Waals surface area contributed by atoms with Gasteiger partial charge in [0.15, 0.2) is 0 Å². The number of furan rings is 1. The molecule has 6 heteroatoms. The molecule has 3 aliphatic rings. The van der Waals surface area contributed by atoms with Crippen LogP contribution in [-0.4, -0.2) is 39.4 Å². The Morgan fingerprint density at radius 2 is 2.09 bits per heavy atom. The van der Waals surface area contributed by atoms with Gasteiger partial charge in [-0.15, -0.1) is 0 Å². The molecule has 2 saturated carbocycles. The smallest absolute Gasteiger partial charge is 0.258 e. The molecule has 6 nitrogen and oxygen atoms in total. The van der Waals surface area contributed by atoms with Gasteiger partial charge >= 0.3 is 0 Å². The Morgan fingerprint density at radius 3 is 2.78 bits per heavy atom. The number of amides is 1. The molecule has 1 saturated heterocycles. The zero-order valence-corrected chi connectivity index (χ0v) is 13.4. The van der Waals surface area contributed by atoms with Crippen molar-refractivity contribution in [2.45, 2.75) is 38.6 Å². The maximum atomic E-state index is 13.0. The summed E-state index contributed by atoms with van der Waals surface area (Å²) in [6.07, 6.45) is 5.02. The third-order valence-corrected chi connectivity index (χ3v) is 5.56. The van der Waals surface area contributed by atoms with Crippen LogP contribution in [0, 0.1) is 18.8 Å². The van der Waals surface area contributed by atoms with Gasteiger partial charge in [-0.2, -0.15) is 0 Å². The van der Waals surface area contributed by atoms with Crippen LogP contribution in [0.2, 0.25) is 0 Å². The van der Waals surface area contributed by atoms with Crippen LogP contribution in [0.1, 0.15) is 42.3 Å². The van der Waals surface area contributed by atoms with Crippen molar-refractivity contribution in [2.24, 2.45) is 11.8 Å². The van der Waals surface area contributed by atoms with E-state index >= 15 is 0 Å². The van der Waals surface area contributed by atoms with Crippen LogP contribution >= 0.6 is 0 Å². The largest absolute Gasteiger partial charge is 0.442 e. The Balaban J connectivity index is 1.59. The second kappa shape index (κ2) is 4.24. The first-order chi connectivity index (χ1) is 11.0. The molecule has 2 unspecified atom stereocenters. The van der Waals surface area contributed by atoms with Crippen molar-refractivity contribution >= 4 is 22.8 Å². The van der Waals surface area contributed by atoms with Gasteiger partial charge in [0.05, 0.1) is 10.9 Å². The molecule has 1 N–H and O–H groups in total. The van der Waals surface area contributed by atoms with E-state index in [0.29, 0.717) is 17.0 Å². The highest BCUT2D eigenvalue weighted by Gasteiger charge is 2.47. The molecule has 0 radical (unpaired) electrons. The van der Waals surface area contributed by atoms with Crippen molar-refractivity contribution in [1.82, 2.24) is 14.9 Å². The molecule has 2 aromatic rings. The maximum Gasteiger partial charge on any atom is 0.258 e. The number of hydrogen-bond donors (Lipinski definition) is 1. The predicted molar refractivity (Wildman–Crippen MR) is 85.3 cm³/mol. The average molecular weight is 312 g/mol. The summed E-state index contributed by atoms with van der Waals surface area (Å²) in [5, 5.41) is 4.21. The molecule has 3 fully saturated rings. The second-order valence-corrected chi connectivity index (χ2v) is 7.59. The van der Waals surface area contributed by atoms with Crippen LogP contribution in [0.25, 0.3) is 11.1 Å². The molecule has 0 aromatic carbocycles. The number of likely N-dealkylation sites (tertiary alicyclic amines) is 1. The summed E-state index contributed by atoms with van der Waals surface area (Å²) in [6.45, 7) is 5.77. The lowest BCUT2D eigenvalue weighted by Gasteiger charge is -2.18. The molecule has 5 rings (SSSR count). The van der Waals surface area contributed by atoms with E-state index in [1.54, 1.807) is 0 Å². The summed E-state index contributed by atoms with van der Waals surface area (Å²) < 4.78 is 5.75. The lowest BCUT2D eigenvalue weighted by molar-refractivity contribution is 0.0775. The summed E-state index contributed by atoms with van der Waals surface area (Å²) in [7, 11) is 0. The highest BCUT2D eigenvalue weighted by molar-refractivity contribution is 6.10. The number of piperidine rings is 1. The molecular weight excluding hydrogens is 292 g/mol. The normalized spacial score (nSPS) is 27.1. The number of carbonyl (C=O) groups is 1. The molecule has 2 atom stereocenters. The van der Waals surface area contributed by atoms with E-state index in [2.05, 4.69) is 22.2 Å². The number of hydrogen-bond acceptors (Lipinski definition) is 5. The van der Waals surface area contributed by atoms with Gasteiger partial charge in [-0.25, -0.2) is 9.97 Å². The van der Waals surface area contributed by atoms with Crippen molar-refractivity contribution in [3.8, 4) is 0 Å². The summed E-state index contributed by atoms with van der Waals surface area (Å²) in [5.74, 6) is 2.86. The summed E-state index contributed by atoms with van der Waals surface area (Å²) in [4.78, 5) is 23.6. The van der Waals surface area contributed by atoms with E-state index in [1.807, 2.05) is 11.8 Å². The number of aryl methyl sites for hydroxylation is 1. The van der Waals surface area contributed by atoms with Crippen LogP contribution in [0.3, 0.4) is 0 Å². The van der Waals surface area contributed by atoms with Crippen LogP contribution in [0.5, 0.6) is 0 Å². The van der Waals surface area contributed by atoms with Crippen LogP contribution in [0.4, 0.5) is 5.82 Å². The molecule has 1 amide bonds. The predicted octanol–water partition coefficient (Wildman–Crippen LogP) is 2.59. The van der Waals surface area contributed by atoms with E-state index in [4.69, 9.17) is 4.42 Å². The van der Waals surface area contributed by atoms with E-state index < -0.39 is 0 Å². The van der Waals surface area contributed by atoms with E-state index in [9.17, 15) is 4.79 Å². The molecule has 1 aliphatic heterocycles. The first-order valence-electron chi connectivity index (χ1n) is 8.36. The quantitative estimate of drug-likeness (QED) is 0.943. The van der Waals surface area contributed by atoms with Gasteiger partial charge in [0.2, 0.25) is 5.71 Å². The monoisotopic (exact) mass is 312 g/mol. The van der Waals surface area contributed by atoms with Crippen molar-refractivity contribution in [2.75, 3.05) is 18.4 Å². The first kappa shape index (κ1) is 13.3. The van der Waals surface area contributed by atoms with Crippen LogP contribution in [0.15, 0.2) is 10.7 Å². The minimum atomic E-state index is 0.0623. The van der Waals surface area contributed by atoms with Crippen molar-refractivity contribution in [3.05, 3.63) is 17.7 Å². The Kier molecular flexibility index (Phi) is 2.46. The van der Waals surface area contributed by atoms with Gasteiger partial charge in [-0.3, -0.25) is 4.79 Å². The first-order valence-corrected chi connectivity index (χ1v) is 8.36. The van der Waals surface area contributed by atoms with Gasteiger partial charge in [0.25, 0.3) is 5.91 Å². The Hall–Kier alpha value is -2.11. The van der Waals surface area contributed by atoms with Gasteiger partial charge in [0.1, 0.15) is 17.9 Å². The minimum Gasteiger partial charge on any atom is -0.442 e. The molecule has 0 bridgehead atoms. The van der Waals surface area contributed by atoms with Crippen molar-refractivity contribution in [3.63, 3.8) is 0 Å². The molecule has 0 spiro atoms. The SMILES string of the molecule is Cc1oc2ncnc(NC3(C)CC3)c2c1C(=O)N1CC2CC2C1. The van der Waals surface area contributed by atoms with Crippen molar-refractivity contribution in [1.29, 1.82) is 0 Å². The summed E-state index contributed by atoms with van der Waals surface area (Å²) >= 11 is 0. The number of anilines is 1. The number of nitrogens with one attached hydrogen (secondary N) is 1. The zero-order chi connectivity index (χ0) is 15.8. The fourth-order valence-electron chi connectivity index (χ4n) is 3.72. The van der Waals surface area contributed by atoms with Gasteiger partial charge in [-0.05, 0) is 44.9 Å². The standard InChI is InChI=1S/C17H20N4O2/c1-9-12(16(22)21-6-10-5-11(10)7-21)13-14(20-17(2)3-4-17)18-8-19-15(13)23-9/h8,10-11H,3-7H2,1-2H3,(H,18,19,20). The molecule has 3 heterocycles. The fourth-order valence-corrected chi connectivity index (χ4v) is 3.72. The molecule has 2 aromatic heterocycles. The summed E-state index contributed by atoms with van der Waals surface area (Å²) in [5.41, 5.74) is 1.22. The third-order valence-electron chi connectivity index (χ3n) is 5.56. The lowest BCUT2D eigenvalue weighted by Crippen LogP contribution is -2.30. The van der Waals surface area contributed by atoms with Crippen LogP contribution < -0.4 is 5.32 Å². The fraction of sp³-hybridized carbons (Fsp3) is 0.588. The number of carbonyl (C=O) groups excluding carboxylic acids is 1. The van der Waals surface area contributed by atoms with Crippen molar-refractivity contribution < 1.29 is 9.21 Å². The van der Waals surface area contributed by atoms with Gasteiger partial charge in [0, 0.05) is 18.6 Å². The number of fused-ring (bicyclic) bond motifs is 2. The Bertz CT molecular complexity index is 813. The third kappa shape index (κ3) is 2.04. The molecule has 23 heavy (non-hydrogen) atoms. The van der Waals surface area contributed by atoms with E-state index in [-0.39, 0.29) is 11.4 Å². The molecule has 120 valence electrons. The number of nitrogens with zero attached hydrogens (tertiary/aromatic N) is 3. The number of aromatic nitrogens is 2. The van der Waals surface area contributed by atoms with Gasteiger partial charge in [-0.1, -0.05) is 0 Å². The molecule has 2 aliphatic carbocycles. The minimum absolute atomic E-state index is 0.0623. The van der Waals surface area contributed by atoms with Gasteiger partial charge < -0.3 is 14.6 Å².